The van der Waals surface area contributed by atoms with Crippen molar-refractivity contribution in [3.8, 4) is 0 Å². The molecule has 45 heavy (non-hydrogen) atoms. The highest BCUT2D eigenvalue weighted by Gasteiger charge is 2.33. The second kappa shape index (κ2) is 20.9. The van der Waals surface area contributed by atoms with E-state index in [1.165, 1.54) is 10.5 Å². The molecule has 3 unspecified atom stereocenters. The van der Waals surface area contributed by atoms with E-state index in [9.17, 15) is 24.5 Å². The Kier molecular flexibility index (Phi) is 17.3. The molecule has 11 nitrogen and oxygen atoms in total. The van der Waals surface area contributed by atoms with Crippen LogP contribution in [-0.2, 0) is 28.7 Å². The fourth-order valence-corrected chi connectivity index (χ4v) is 4.94. The molecule has 11 heteroatoms. The number of amides is 1. The van der Waals surface area contributed by atoms with Crippen molar-refractivity contribution in [1.29, 1.82) is 0 Å². The molecule has 0 heterocycles. The lowest BCUT2D eigenvalue weighted by atomic mass is 10.0. The van der Waals surface area contributed by atoms with E-state index in [4.69, 9.17) is 9.47 Å². The number of allylic oxidation sites excluding steroid dienone is 11. The molecular formula is C34H49N3O8. The first-order valence-electron chi connectivity index (χ1n) is 15.8. The van der Waals surface area contributed by atoms with E-state index >= 15 is 0 Å². The van der Waals surface area contributed by atoms with Gasteiger partial charge in [-0.25, -0.2) is 4.79 Å². The van der Waals surface area contributed by atoms with Crippen molar-refractivity contribution in [3.05, 3.63) is 81.5 Å². The van der Waals surface area contributed by atoms with Crippen molar-refractivity contribution in [2.45, 2.75) is 97.2 Å². The van der Waals surface area contributed by atoms with Gasteiger partial charge in [0.2, 0.25) is 5.91 Å². The van der Waals surface area contributed by atoms with Crippen molar-refractivity contribution >= 4 is 17.8 Å². The second-order valence-corrected chi connectivity index (χ2v) is 11.1. The Bertz CT molecular complexity index is 1180. The van der Waals surface area contributed by atoms with Gasteiger partial charge < -0.3 is 19.2 Å². The van der Waals surface area contributed by atoms with Gasteiger partial charge in [0.05, 0.1) is 25.9 Å². The van der Waals surface area contributed by atoms with Crippen molar-refractivity contribution in [3.63, 3.8) is 0 Å². The van der Waals surface area contributed by atoms with Crippen LogP contribution >= 0.6 is 0 Å². The molecule has 248 valence electrons. The summed E-state index contributed by atoms with van der Waals surface area (Å²) in [5, 5.41) is 12.6. The molecule has 0 spiro atoms. The number of unbranched alkanes of at least 4 members (excludes halogenated alkanes) is 2. The molecule has 0 fully saturated rings. The highest BCUT2D eigenvalue weighted by atomic mass is 16.9. The van der Waals surface area contributed by atoms with Gasteiger partial charge in [-0.15, -0.1) is 10.1 Å². The third-order valence-electron chi connectivity index (χ3n) is 7.60. The van der Waals surface area contributed by atoms with Gasteiger partial charge in [-0.2, -0.15) is 0 Å². The normalized spacial score (nSPS) is 16.2. The average molecular weight is 628 g/mol. The summed E-state index contributed by atoms with van der Waals surface area (Å²) in [5.41, 5.74) is 3.18. The number of ether oxygens (including phenoxy) is 2. The molecular weight excluding hydrogens is 578 g/mol. The van der Waals surface area contributed by atoms with Gasteiger partial charge in [-0.3, -0.25) is 14.9 Å². The van der Waals surface area contributed by atoms with Crippen molar-refractivity contribution in [2.75, 3.05) is 26.4 Å². The van der Waals surface area contributed by atoms with Crippen LogP contribution in [0.1, 0.15) is 79.1 Å². The molecule has 2 aliphatic rings. The molecule has 1 amide bonds. The van der Waals surface area contributed by atoms with E-state index in [1.54, 1.807) is 20.8 Å². The molecule has 1 N–H and O–H groups in total. The van der Waals surface area contributed by atoms with Crippen molar-refractivity contribution in [1.82, 2.24) is 10.2 Å². The monoisotopic (exact) mass is 627 g/mol. The van der Waals surface area contributed by atoms with E-state index in [-0.39, 0.29) is 32.3 Å². The lowest BCUT2D eigenvalue weighted by Crippen LogP contribution is -2.55. The molecule has 0 aromatic carbocycles. The Labute approximate surface area is 266 Å². The zero-order chi connectivity index (χ0) is 33.0. The van der Waals surface area contributed by atoms with E-state index in [2.05, 4.69) is 34.5 Å². The molecule has 2 rings (SSSR count). The lowest BCUT2D eigenvalue weighted by molar-refractivity contribution is -0.757. The Hall–Kier alpha value is -3.99. The fraction of sp³-hybridized carbons (Fsp3) is 0.559. The van der Waals surface area contributed by atoms with Crippen LogP contribution in [0.15, 0.2) is 71.4 Å². The maximum absolute atomic E-state index is 14.0. The van der Waals surface area contributed by atoms with Gasteiger partial charge in [0.15, 0.2) is 0 Å². The van der Waals surface area contributed by atoms with Crippen LogP contribution in [0.2, 0.25) is 0 Å². The highest BCUT2D eigenvalue weighted by Crippen LogP contribution is 2.20. The SMILES string of the molecule is CCOC(=O)C(CCCC1=CC=CCC=C1)NC(C)C(=O)N(CC1=C(C)C=CC=CC1)C(C)C(=O)OCCCCCO[N+](=O)[O-]. The van der Waals surface area contributed by atoms with Crippen LogP contribution in [0.3, 0.4) is 0 Å². The first kappa shape index (κ1) is 37.2. The lowest BCUT2D eigenvalue weighted by Gasteiger charge is -2.32. The maximum atomic E-state index is 14.0. The number of nitrogens with one attached hydrogen (secondary N) is 1. The zero-order valence-corrected chi connectivity index (χ0v) is 27.1. The van der Waals surface area contributed by atoms with Crippen molar-refractivity contribution in [2.24, 2.45) is 0 Å². The number of rotatable bonds is 20. The fourth-order valence-electron chi connectivity index (χ4n) is 4.94. The largest absolute Gasteiger partial charge is 0.465 e. The predicted octanol–water partition coefficient (Wildman–Crippen LogP) is 5.48. The van der Waals surface area contributed by atoms with Gasteiger partial charge in [-0.05, 0) is 95.8 Å². The van der Waals surface area contributed by atoms with Crippen LogP contribution in [0.25, 0.3) is 0 Å². The topological polar surface area (TPSA) is 137 Å². The Morgan fingerprint density at radius 3 is 2.51 bits per heavy atom. The standard InChI is InChI=1S/C34H49N3O8/c1-5-43-34(40)31(22-16-20-29-18-11-6-7-12-19-29)35-27(3)32(38)36(25-30-21-13-8-10-17-26(30)2)28(4)33(39)44-23-14-9-15-24-45-37(41)42/h6,8,10-13,17-19,27-28,31,35H,5,7,9,14-16,20-25H2,1-4H3. The van der Waals surface area contributed by atoms with E-state index in [0.717, 1.165) is 30.4 Å². The summed E-state index contributed by atoms with van der Waals surface area (Å²) in [4.78, 5) is 56.1. The molecule has 3 atom stereocenters. The van der Waals surface area contributed by atoms with Crippen LogP contribution in [0, 0.1) is 10.1 Å². The number of hydrogen-bond acceptors (Lipinski definition) is 9. The quantitative estimate of drug-likeness (QED) is 0.0805. The van der Waals surface area contributed by atoms with Crippen LogP contribution < -0.4 is 5.32 Å². The van der Waals surface area contributed by atoms with E-state index < -0.39 is 35.2 Å². The van der Waals surface area contributed by atoms with Crippen LogP contribution in [0.5, 0.6) is 0 Å². The third-order valence-corrected chi connectivity index (χ3v) is 7.60. The number of carbonyl (C=O) groups excluding carboxylic acids is 3. The Balaban J connectivity index is 2.11. The van der Waals surface area contributed by atoms with Gasteiger partial charge in [0, 0.05) is 6.54 Å². The maximum Gasteiger partial charge on any atom is 0.328 e. The summed E-state index contributed by atoms with van der Waals surface area (Å²) in [6, 6.07) is -2.36. The van der Waals surface area contributed by atoms with Gasteiger partial charge in [-0.1, -0.05) is 54.7 Å². The van der Waals surface area contributed by atoms with E-state index in [0.29, 0.717) is 32.1 Å². The number of nitrogens with zero attached hydrogens (tertiary/aromatic N) is 2. The zero-order valence-electron chi connectivity index (χ0n) is 27.1. The first-order valence-corrected chi connectivity index (χ1v) is 15.8. The summed E-state index contributed by atoms with van der Waals surface area (Å²) in [6.45, 7) is 7.61. The molecule has 0 aromatic rings. The molecule has 0 aromatic heterocycles. The molecule has 2 aliphatic carbocycles. The highest BCUT2D eigenvalue weighted by molar-refractivity contribution is 5.88. The summed E-state index contributed by atoms with van der Waals surface area (Å²) in [6.07, 6.45) is 23.3. The first-order chi connectivity index (χ1) is 21.6. The Morgan fingerprint density at radius 1 is 0.978 bits per heavy atom. The van der Waals surface area contributed by atoms with Gasteiger partial charge in [0.25, 0.3) is 5.09 Å². The third kappa shape index (κ3) is 14.1. The minimum atomic E-state index is -0.890. The summed E-state index contributed by atoms with van der Waals surface area (Å²) in [7, 11) is 0. The molecule has 0 aliphatic heterocycles. The van der Waals surface area contributed by atoms with Crippen LogP contribution in [0.4, 0.5) is 0 Å². The minimum absolute atomic E-state index is 0.0130. The molecule has 0 bridgehead atoms. The second-order valence-electron chi connectivity index (χ2n) is 11.1. The van der Waals surface area contributed by atoms with Gasteiger partial charge >= 0.3 is 11.9 Å². The summed E-state index contributed by atoms with van der Waals surface area (Å²) >= 11 is 0. The molecule has 0 saturated heterocycles. The van der Waals surface area contributed by atoms with Crippen molar-refractivity contribution < 1.29 is 33.8 Å². The number of carbonyl (C=O) groups is 3. The molecule has 0 saturated carbocycles. The summed E-state index contributed by atoms with van der Waals surface area (Å²) < 4.78 is 10.8. The number of esters is 2. The number of hydrogen-bond donors (Lipinski definition) is 1. The van der Waals surface area contributed by atoms with E-state index in [1.807, 2.05) is 37.3 Å². The van der Waals surface area contributed by atoms with Gasteiger partial charge in [0.1, 0.15) is 12.1 Å². The summed E-state index contributed by atoms with van der Waals surface area (Å²) in [5.74, 6) is -1.29. The Morgan fingerprint density at radius 2 is 1.76 bits per heavy atom. The molecule has 0 radical (unpaired) electrons. The van der Waals surface area contributed by atoms with Crippen LogP contribution in [-0.4, -0.2) is 72.3 Å². The predicted molar refractivity (Wildman–Crippen MR) is 172 cm³/mol. The minimum Gasteiger partial charge on any atom is -0.465 e. The smallest absolute Gasteiger partial charge is 0.328 e. The average Bonchev–Trinajstić information content (AvgIpc) is 3.40.